The van der Waals surface area contributed by atoms with Crippen LogP contribution in [-0.2, 0) is 34.6 Å². The highest BCUT2D eigenvalue weighted by Crippen LogP contribution is 2.29. The Kier molecular flexibility index (Phi) is 7.81. The molecule has 12 heteroatoms. The second-order valence-corrected chi connectivity index (χ2v) is 11.6. The number of amidine groups is 1. The van der Waals surface area contributed by atoms with Crippen LogP contribution in [0.3, 0.4) is 0 Å². The van der Waals surface area contributed by atoms with Crippen LogP contribution in [0.4, 0.5) is 10.1 Å². The fourth-order valence-corrected chi connectivity index (χ4v) is 5.75. The number of thioether (sulfide) groups is 1. The van der Waals surface area contributed by atoms with E-state index in [9.17, 15) is 22.7 Å². The normalized spacial score (nSPS) is 18.1. The predicted molar refractivity (Wildman–Crippen MR) is 152 cm³/mol. The van der Waals surface area contributed by atoms with E-state index in [0.29, 0.717) is 26.9 Å². The molecule has 1 amide bonds. The van der Waals surface area contributed by atoms with Gasteiger partial charge in [-0.1, -0.05) is 49.4 Å². The van der Waals surface area contributed by atoms with Gasteiger partial charge in [0.15, 0.2) is 16.7 Å². The van der Waals surface area contributed by atoms with Crippen LogP contribution in [0.15, 0.2) is 88.7 Å². The third kappa shape index (κ3) is 6.46. The van der Waals surface area contributed by atoms with Crippen LogP contribution < -0.4 is 14.8 Å². The van der Waals surface area contributed by atoms with Gasteiger partial charge in [0.25, 0.3) is 5.91 Å². The molecule has 40 heavy (non-hydrogen) atoms. The van der Waals surface area contributed by atoms with E-state index in [1.54, 1.807) is 36.4 Å². The Morgan fingerprint density at radius 2 is 1.75 bits per heavy atom. The Morgan fingerprint density at radius 3 is 2.40 bits per heavy atom. The fraction of sp³-hybridized carbons (Fsp3) is 0.143. The Balaban J connectivity index is 1.21. The van der Waals surface area contributed by atoms with Gasteiger partial charge in [-0.2, -0.15) is 8.42 Å². The topological polar surface area (TPSA) is 120 Å². The van der Waals surface area contributed by atoms with Crippen LogP contribution >= 0.6 is 11.8 Å². The Bertz CT molecular complexity index is 1640. The SMILES string of the molecule is CCc1ccc(COc2ccc(C=C3SC(=Nc4ccc(CN5C=C(O)NS5(=O)=O)cc4)NC3=O)cc2F)cc1. The van der Waals surface area contributed by atoms with E-state index in [1.165, 1.54) is 17.7 Å². The van der Waals surface area contributed by atoms with Gasteiger partial charge in [0.2, 0.25) is 5.88 Å². The molecule has 0 bridgehead atoms. The number of hydrogen-bond donors (Lipinski definition) is 3. The number of rotatable bonds is 8. The molecule has 0 spiro atoms. The lowest BCUT2D eigenvalue weighted by molar-refractivity contribution is -0.115. The summed E-state index contributed by atoms with van der Waals surface area (Å²) in [4.78, 5) is 17.3. The summed E-state index contributed by atoms with van der Waals surface area (Å²) in [6.45, 7) is 2.36. The maximum atomic E-state index is 14.7. The van der Waals surface area contributed by atoms with Crippen molar-refractivity contribution in [2.24, 2.45) is 4.99 Å². The second-order valence-electron chi connectivity index (χ2n) is 8.96. The first kappa shape index (κ1) is 27.3. The van der Waals surface area contributed by atoms with Crippen LogP contribution in [-0.4, -0.2) is 28.9 Å². The summed E-state index contributed by atoms with van der Waals surface area (Å²) >= 11 is 1.12. The molecule has 0 atom stereocenters. The molecular formula is C28H25FN4O5S2. The highest BCUT2D eigenvalue weighted by atomic mass is 32.2. The van der Waals surface area contributed by atoms with Gasteiger partial charge in [-0.25, -0.2) is 14.1 Å². The number of ether oxygens (including phenoxy) is 1. The smallest absolute Gasteiger partial charge is 0.326 e. The molecular weight excluding hydrogens is 555 g/mol. The molecule has 0 radical (unpaired) electrons. The van der Waals surface area contributed by atoms with E-state index in [0.717, 1.165) is 34.3 Å². The van der Waals surface area contributed by atoms with Crippen LogP contribution in [0.1, 0.15) is 29.2 Å². The Labute approximate surface area is 235 Å². The summed E-state index contributed by atoms with van der Waals surface area (Å²) in [7, 11) is -3.80. The average molecular weight is 581 g/mol. The quantitative estimate of drug-likeness (QED) is 0.327. The summed E-state index contributed by atoms with van der Waals surface area (Å²) in [5.74, 6) is -1.20. The number of carbonyl (C=O) groups is 1. The number of aliphatic imine (C=N–C) groups is 1. The molecule has 0 saturated carbocycles. The van der Waals surface area contributed by atoms with Crippen LogP contribution in [0.5, 0.6) is 5.75 Å². The number of carbonyl (C=O) groups excluding carboxylic acids is 1. The van der Waals surface area contributed by atoms with Crippen LogP contribution in [0.2, 0.25) is 0 Å². The minimum Gasteiger partial charge on any atom is -0.493 e. The van der Waals surface area contributed by atoms with Crippen molar-refractivity contribution in [3.63, 3.8) is 0 Å². The number of nitrogens with zero attached hydrogens (tertiary/aromatic N) is 2. The van der Waals surface area contributed by atoms with Crippen LogP contribution in [0, 0.1) is 5.82 Å². The molecule has 2 aliphatic heterocycles. The van der Waals surface area contributed by atoms with E-state index in [2.05, 4.69) is 17.2 Å². The molecule has 3 aromatic carbocycles. The first-order valence-corrected chi connectivity index (χ1v) is 14.5. The van der Waals surface area contributed by atoms with E-state index in [-0.39, 0.29) is 24.8 Å². The number of aryl methyl sites for hydroxylation is 1. The van der Waals surface area contributed by atoms with Crippen LogP contribution in [0.25, 0.3) is 6.08 Å². The maximum Gasteiger partial charge on any atom is 0.326 e. The van der Waals surface area contributed by atoms with Crippen molar-refractivity contribution in [1.29, 1.82) is 0 Å². The van der Waals surface area contributed by atoms with Crippen molar-refractivity contribution in [2.75, 3.05) is 0 Å². The number of halogens is 1. The molecule has 0 unspecified atom stereocenters. The number of hydrogen-bond acceptors (Lipinski definition) is 7. The van der Waals surface area contributed by atoms with E-state index < -0.39 is 21.9 Å². The molecule has 1 fully saturated rings. The zero-order chi connectivity index (χ0) is 28.3. The molecule has 2 heterocycles. The zero-order valence-corrected chi connectivity index (χ0v) is 22.9. The molecule has 0 aliphatic carbocycles. The monoisotopic (exact) mass is 580 g/mol. The van der Waals surface area contributed by atoms with Gasteiger partial charge < -0.3 is 15.2 Å². The van der Waals surface area contributed by atoms with Gasteiger partial charge in [-0.05, 0) is 70.8 Å². The number of benzene rings is 3. The van der Waals surface area contributed by atoms with Gasteiger partial charge in [-0.15, -0.1) is 0 Å². The van der Waals surface area contributed by atoms with E-state index in [1.807, 2.05) is 29.0 Å². The lowest BCUT2D eigenvalue weighted by atomic mass is 10.1. The molecule has 9 nitrogen and oxygen atoms in total. The zero-order valence-electron chi connectivity index (χ0n) is 21.3. The Morgan fingerprint density at radius 1 is 1.05 bits per heavy atom. The van der Waals surface area contributed by atoms with Crippen molar-refractivity contribution in [3.05, 3.63) is 112 Å². The summed E-state index contributed by atoms with van der Waals surface area (Å²) in [5, 5.41) is 12.4. The summed E-state index contributed by atoms with van der Waals surface area (Å²) in [5.41, 5.74) is 3.89. The first-order valence-electron chi connectivity index (χ1n) is 12.3. The predicted octanol–water partition coefficient (Wildman–Crippen LogP) is 4.87. The summed E-state index contributed by atoms with van der Waals surface area (Å²) in [6, 6.07) is 19.3. The molecule has 3 aromatic rings. The summed E-state index contributed by atoms with van der Waals surface area (Å²) in [6.07, 6.45) is 3.62. The number of amides is 1. The third-order valence-electron chi connectivity index (χ3n) is 6.04. The highest BCUT2D eigenvalue weighted by molar-refractivity contribution is 8.18. The van der Waals surface area contributed by atoms with Gasteiger partial charge >= 0.3 is 10.2 Å². The molecule has 0 aromatic heterocycles. The fourth-order valence-electron chi connectivity index (χ4n) is 3.91. The van der Waals surface area contributed by atoms with Crippen molar-refractivity contribution in [1.82, 2.24) is 14.3 Å². The number of nitrogens with one attached hydrogen (secondary N) is 2. The van der Waals surface area contributed by atoms with Gasteiger partial charge in [0.1, 0.15) is 6.61 Å². The lowest BCUT2D eigenvalue weighted by Gasteiger charge is -2.13. The van der Waals surface area contributed by atoms with Gasteiger partial charge in [0, 0.05) is 0 Å². The van der Waals surface area contributed by atoms with Gasteiger partial charge in [-0.3, -0.25) is 9.10 Å². The van der Waals surface area contributed by atoms with Crippen molar-refractivity contribution < 1.29 is 27.4 Å². The molecule has 3 N–H and O–H groups in total. The lowest BCUT2D eigenvalue weighted by Crippen LogP contribution is -2.29. The Hall–Kier alpha value is -4.29. The third-order valence-corrected chi connectivity index (χ3v) is 8.27. The minimum atomic E-state index is -3.80. The molecule has 1 saturated heterocycles. The molecule has 5 rings (SSSR count). The van der Waals surface area contributed by atoms with Gasteiger partial charge in [0.05, 0.1) is 23.3 Å². The largest absolute Gasteiger partial charge is 0.493 e. The van der Waals surface area contributed by atoms with Crippen molar-refractivity contribution >= 4 is 44.8 Å². The first-order chi connectivity index (χ1) is 19.2. The highest BCUT2D eigenvalue weighted by Gasteiger charge is 2.27. The summed E-state index contributed by atoms with van der Waals surface area (Å²) < 4.78 is 47.1. The van der Waals surface area contributed by atoms with E-state index in [4.69, 9.17) is 4.74 Å². The van der Waals surface area contributed by atoms with Crippen molar-refractivity contribution in [3.8, 4) is 5.75 Å². The minimum absolute atomic E-state index is 0.0288. The van der Waals surface area contributed by atoms with Crippen molar-refractivity contribution in [2.45, 2.75) is 26.5 Å². The number of aliphatic hydroxyl groups is 1. The molecule has 2 aliphatic rings. The average Bonchev–Trinajstić information content (AvgIpc) is 3.40. The molecule has 206 valence electrons. The van der Waals surface area contributed by atoms with E-state index >= 15 is 0 Å². The maximum absolute atomic E-state index is 14.7. The standard InChI is InChI=1S/C28H25FN4O5S2/c1-2-18-3-5-20(6-4-18)17-38-24-12-9-21(13-23(24)29)14-25-27(35)31-28(39-25)30-22-10-7-19(8-11-22)15-33-16-26(34)32-40(33,36)37/h3-14,16,32,34H,2,15,17H2,1H3,(H,30,31,35). The number of aliphatic hydroxyl groups excluding tert-OH is 1. The second kappa shape index (κ2) is 11.4.